The first kappa shape index (κ1) is 13.3. The first-order chi connectivity index (χ1) is 8.85. The molecule has 0 amide bonds. The van der Waals surface area contributed by atoms with Crippen LogP contribution in [0.5, 0.6) is 5.88 Å². The van der Waals surface area contributed by atoms with E-state index < -0.39 is 0 Å². The zero-order valence-corrected chi connectivity index (χ0v) is 10.8. The molecule has 0 bridgehead atoms. The second-order valence-corrected chi connectivity index (χ2v) is 4.39. The van der Waals surface area contributed by atoms with Gasteiger partial charge in [0.25, 0.3) is 0 Å². The molecule has 1 aromatic heterocycles. The van der Waals surface area contributed by atoms with Crippen LogP contribution in [0.3, 0.4) is 0 Å². The van der Waals surface area contributed by atoms with Crippen LogP contribution >= 0.6 is 0 Å². The standard InChI is InChI=1S/C13H21N3O2/c1-17-13-4-3-11(10-15-13)12(9-14)16-5-2-7-18-8-6-16/h3-4,10,12H,2,5-9,14H2,1H3. The summed E-state index contributed by atoms with van der Waals surface area (Å²) in [6.07, 6.45) is 2.90. The molecule has 1 atom stereocenters. The molecule has 1 fully saturated rings. The number of ether oxygens (including phenoxy) is 2. The Morgan fingerprint density at radius 3 is 3.00 bits per heavy atom. The molecule has 1 saturated heterocycles. The molecule has 100 valence electrons. The van der Waals surface area contributed by atoms with Crippen molar-refractivity contribution in [1.29, 1.82) is 0 Å². The summed E-state index contributed by atoms with van der Waals surface area (Å²) in [6.45, 7) is 4.16. The molecular weight excluding hydrogens is 230 g/mol. The van der Waals surface area contributed by atoms with Gasteiger partial charge in [-0.15, -0.1) is 0 Å². The van der Waals surface area contributed by atoms with Gasteiger partial charge in [-0.1, -0.05) is 6.07 Å². The summed E-state index contributed by atoms with van der Waals surface area (Å²) in [5.74, 6) is 0.633. The molecule has 2 N–H and O–H groups in total. The van der Waals surface area contributed by atoms with Crippen molar-refractivity contribution < 1.29 is 9.47 Å². The largest absolute Gasteiger partial charge is 0.481 e. The molecule has 0 radical (unpaired) electrons. The smallest absolute Gasteiger partial charge is 0.212 e. The van der Waals surface area contributed by atoms with E-state index in [9.17, 15) is 0 Å². The monoisotopic (exact) mass is 251 g/mol. The second-order valence-electron chi connectivity index (χ2n) is 4.39. The van der Waals surface area contributed by atoms with Crippen molar-refractivity contribution in [3.05, 3.63) is 23.9 Å². The van der Waals surface area contributed by atoms with Crippen LogP contribution in [0.1, 0.15) is 18.0 Å². The molecule has 1 unspecified atom stereocenters. The number of hydrogen-bond donors (Lipinski definition) is 1. The molecule has 2 heterocycles. The third kappa shape index (κ3) is 3.19. The normalized spacial score (nSPS) is 19.2. The first-order valence-electron chi connectivity index (χ1n) is 6.37. The third-order valence-electron chi connectivity index (χ3n) is 3.27. The van der Waals surface area contributed by atoms with Crippen molar-refractivity contribution in [3.63, 3.8) is 0 Å². The molecule has 1 aliphatic rings. The van der Waals surface area contributed by atoms with Crippen molar-refractivity contribution in [2.24, 2.45) is 5.73 Å². The molecule has 0 spiro atoms. The van der Waals surface area contributed by atoms with Crippen LogP contribution in [0.4, 0.5) is 0 Å². The molecule has 5 heteroatoms. The third-order valence-corrected chi connectivity index (χ3v) is 3.27. The molecule has 0 aliphatic carbocycles. The minimum Gasteiger partial charge on any atom is -0.481 e. The van der Waals surface area contributed by atoms with Crippen LogP contribution in [0.2, 0.25) is 0 Å². The second kappa shape index (κ2) is 6.68. The summed E-state index contributed by atoms with van der Waals surface area (Å²) in [6, 6.07) is 4.13. The maximum Gasteiger partial charge on any atom is 0.212 e. The van der Waals surface area contributed by atoms with Gasteiger partial charge in [-0.2, -0.15) is 0 Å². The van der Waals surface area contributed by atoms with E-state index in [4.69, 9.17) is 15.2 Å². The molecule has 1 aliphatic heterocycles. The van der Waals surface area contributed by atoms with E-state index in [-0.39, 0.29) is 6.04 Å². The van der Waals surface area contributed by atoms with Crippen LogP contribution in [0, 0.1) is 0 Å². The molecular formula is C13H21N3O2. The molecule has 0 aromatic carbocycles. The Kier molecular flexibility index (Phi) is 4.92. The molecule has 5 nitrogen and oxygen atoms in total. The number of pyridine rings is 1. The highest BCUT2D eigenvalue weighted by atomic mass is 16.5. The fraction of sp³-hybridized carbons (Fsp3) is 0.615. The zero-order chi connectivity index (χ0) is 12.8. The summed E-state index contributed by atoms with van der Waals surface area (Å²) >= 11 is 0. The van der Waals surface area contributed by atoms with E-state index in [0.29, 0.717) is 12.4 Å². The Morgan fingerprint density at radius 2 is 2.33 bits per heavy atom. The van der Waals surface area contributed by atoms with E-state index in [1.807, 2.05) is 18.3 Å². The molecule has 0 saturated carbocycles. The predicted octanol–water partition coefficient (Wildman–Crippen LogP) is 0.812. The van der Waals surface area contributed by atoms with Gasteiger partial charge in [0.15, 0.2) is 0 Å². The van der Waals surface area contributed by atoms with Crippen LogP contribution in [-0.2, 0) is 4.74 Å². The fourth-order valence-corrected chi connectivity index (χ4v) is 2.28. The van der Waals surface area contributed by atoms with Gasteiger partial charge in [0.1, 0.15) is 0 Å². The lowest BCUT2D eigenvalue weighted by molar-refractivity contribution is 0.132. The Bertz CT molecular complexity index is 348. The van der Waals surface area contributed by atoms with Crippen LogP contribution in [-0.4, -0.2) is 49.8 Å². The SMILES string of the molecule is COc1ccc(C(CN)N2CCCOCC2)cn1. The van der Waals surface area contributed by atoms with Crippen molar-refractivity contribution in [2.45, 2.75) is 12.5 Å². The number of nitrogens with zero attached hydrogens (tertiary/aromatic N) is 2. The highest BCUT2D eigenvalue weighted by Gasteiger charge is 2.20. The van der Waals surface area contributed by atoms with Gasteiger partial charge < -0.3 is 15.2 Å². The molecule has 1 aromatic rings. The number of nitrogens with two attached hydrogens (primary N) is 1. The van der Waals surface area contributed by atoms with Crippen molar-refractivity contribution in [2.75, 3.05) is 40.0 Å². The fourth-order valence-electron chi connectivity index (χ4n) is 2.28. The lowest BCUT2D eigenvalue weighted by atomic mass is 10.1. The Morgan fingerprint density at radius 1 is 1.44 bits per heavy atom. The summed E-state index contributed by atoms with van der Waals surface area (Å²) in [4.78, 5) is 6.62. The van der Waals surface area contributed by atoms with Gasteiger partial charge in [0.2, 0.25) is 5.88 Å². The van der Waals surface area contributed by atoms with E-state index in [1.165, 1.54) is 0 Å². The zero-order valence-electron chi connectivity index (χ0n) is 10.8. The van der Waals surface area contributed by atoms with E-state index >= 15 is 0 Å². The van der Waals surface area contributed by atoms with Gasteiger partial charge in [-0.3, -0.25) is 4.90 Å². The Hall–Kier alpha value is -1.17. The average Bonchev–Trinajstić information content (AvgIpc) is 2.70. The van der Waals surface area contributed by atoms with Crippen LogP contribution in [0.25, 0.3) is 0 Å². The number of methoxy groups -OCH3 is 1. The van der Waals surface area contributed by atoms with Crippen LogP contribution < -0.4 is 10.5 Å². The van der Waals surface area contributed by atoms with E-state index in [0.717, 1.165) is 38.3 Å². The maximum atomic E-state index is 5.92. The highest BCUT2D eigenvalue weighted by Crippen LogP contribution is 2.21. The lowest BCUT2D eigenvalue weighted by Crippen LogP contribution is -2.35. The van der Waals surface area contributed by atoms with Gasteiger partial charge in [-0.05, 0) is 12.0 Å². The summed E-state index contributed by atoms with van der Waals surface area (Å²) in [7, 11) is 1.62. The molecule has 2 rings (SSSR count). The minimum absolute atomic E-state index is 0.213. The predicted molar refractivity (Wildman–Crippen MR) is 69.6 cm³/mol. The number of hydrogen-bond acceptors (Lipinski definition) is 5. The van der Waals surface area contributed by atoms with Gasteiger partial charge in [0.05, 0.1) is 13.7 Å². The van der Waals surface area contributed by atoms with Gasteiger partial charge in [0, 0.05) is 44.5 Å². The van der Waals surface area contributed by atoms with Gasteiger partial charge in [-0.25, -0.2) is 4.98 Å². The first-order valence-corrected chi connectivity index (χ1v) is 6.37. The average molecular weight is 251 g/mol. The van der Waals surface area contributed by atoms with Crippen molar-refractivity contribution in [3.8, 4) is 5.88 Å². The Labute approximate surface area is 108 Å². The van der Waals surface area contributed by atoms with Crippen LogP contribution in [0.15, 0.2) is 18.3 Å². The molecule has 18 heavy (non-hydrogen) atoms. The van der Waals surface area contributed by atoms with E-state index in [2.05, 4.69) is 9.88 Å². The summed E-state index contributed by atoms with van der Waals surface area (Å²) in [5, 5.41) is 0. The number of rotatable bonds is 4. The quantitative estimate of drug-likeness (QED) is 0.858. The van der Waals surface area contributed by atoms with Crippen molar-refractivity contribution in [1.82, 2.24) is 9.88 Å². The minimum atomic E-state index is 0.213. The van der Waals surface area contributed by atoms with E-state index in [1.54, 1.807) is 7.11 Å². The maximum absolute atomic E-state index is 5.92. The number of aromatic nitrogens is 1. The Balaban J connectivity index is 2.10. The lowest BCUT2D eigenvalue weighted by Gasteiger charge is -2.29. The van der Waals surface area contributed by atoms with Gasteiger partial charge >= 0.3 is 0 Å². The van der Waals surface area contributed by atoms with Crippen molar-refractivity contribution >= 4 is 0 Å². The summed E-state index contributed by atoms with van der Waals surface area (Å²) in [5.41, 5.74) is 7.05. The highest BCUT2D eigenvalue weighted by molar-refractivity contribution is 5.21. The summed E-state index contributed by atoms with van der Waals surface area (Å²) < 4.78 is 10.5. The topological polar surface area (TPSA) is 60.6 Å².